The lowest BCUT2D eigenvalue weighted by atomic mass is 10.2. The number of aromatic nitrogens is 1. The Morgan fingerprint density at radius 1 is 1.38 bits per heavy atom. The van der Waals surface area contributed by atoms with Crippen molar-refractivity contribution >= 4 is 28.5 Å². The van der Waals surface area contributed by atoms with Gasteiger partial charge in [0.25, 0.3) is 0 Å². The minimum absolute atomic E-state index is 0.00695. The lowest BCUT2D eigenvalue weighted by Gasteiger charge is -2.13. The molecule has 0 aliphatic carbocycles. The zero-order chi connectivity index (χ0) is 17.7. The van der Waals surface area contributed by atoms with Crippen LogP contribution in [-0.2, 0) is 0 Å². The van der Waals surface area contributed by atoms with Crippen LogP contribution in [0.1, 0.15) is 41.7 Å². The van der Waals surface area contributed by atoms with Crippen molar-refractivity contribution in [3.8, 4) is 11.5 Å². The molecule has 2 aromatic rings. The molecule has 2 rings (SSSR count). The number of nitrogens with zero attached hydrogens (tertiary/aromatic N) is 2. The Kier molecular flexibility index (Phi) is 5.92. The Morgan fingerprint density at radius 2 is 2.12 bits per heavy atom. The zero-order valence-electron chi connectivity index (χ0n) is 14.4. The molecule has 0 aliphatic rings. The van der Waals surface area contributed by atoms with Gasteiger partial charge in [0.1, 0.15) is 0 Å². The van der Waals surface area contributed by atoms with Gasteiger partial charge in [0.05, 0.1) is 30.0 Å². The Labute approximate surface area is 145 Å². The largest absolute Gasteiger partial charge is 0.493 e. The zero-order valence-corrected chi connectivity index (χ0v) is 15.2. The van der Waals surface area contributed by atoms with Crippen molar-refractivity contribution in [3.05, 3.63) is 34.3 Å². The predicted octanol–water partition coefficient (Wildman–Crippen LogP) is 3.90. The first-order valence-corrected chi connectivity index (χ1v) is 8.34. The minimum atomic E-state index is 0.00695. The van der Waals surface area contributed by atoms with E-state index in [9.17, 15) is 4.79 Å². The van der Waals surface area contributed by atoms with E-state index in [1.54, 1.807) is 20.2 Å². The van der Waals surface area contributed by atoms with E-state index in [4.69, 9.17) is 9.47 Å². The lowest BCUT2D eigenvalue weighted by Crippen LogP contribution is -2.06. The first-order chi connectivity index (χ1) is 11.4. The second-order valence-corrected chi connectivity index (χ2v) is 6.44. The monoisotopic (exact) mass is 347 g/mol. The quantitative estimate of drug-likeness (QED) is 0.467. The van der Waals surface area contributed by atoms with Crippen LogP contribution in [0, 0.1) is 6.92 Å². The van der Waals surface area contributed by atoms with Crippen LogP contribution in [0.5, 0.6) is 11.5 Å². The van der Waals surface area contributed by atoms with Gasteiger partial charge in [0.15, 0.2) is 17.3 Å². The molecule has 1 heterocycles. The second kappa shape index (κ2) is 7.92. The molecule has 0 bridgehead atoms. The van der Waals surface area contributed by atoms with E-state index >= 15 is 0 Å². The van der Waals surface area contributed by atoms with E-state index in [-0.39, 0.29) is 11.9 Å². The van der Waals surface area contributed by atoms with Crippen molar-refractivity contribution in [1.29, 1.82) is 0 Å². The molecular weight excluding hydrogens is 326 g/mol. The van der Waals surface area contributed by atoms with Crippen LogP contribution < -0.4 is 14.9 Å². The number of ketones is 1. The number of rotatable bonds is 7. The maximum Gasteiger partial charge on any atom is 0.204 e. The Balaban J connectivity index is 2.09. The summed E-state index contributed by atoms with van der Waals surface area (Å²) >= 11 is 1.29. The van der Waals surface area contributed by atoms with E-state index in [0.717, 1.165) is 5.56 Å². The number of thiazole rings is 1. The molecule has 0 unspecified atom stereocenters. The number of methoxy groups -OCH3 is 1. The van der Waals surface area contributed by atoms with Gasteiger partial charge < -0.3 is 9.47 Å². The van der Waals surface area contributed by atoms with E-state index in [1.165, 1.54) is 18.3 Å². The molecule has 0 fully saturated rings. The number of aryl methyl sites for hydroxylation is 1. The lowest BCUT2D eigenvalue weighted by molar-refractivity contribution is 0.102. The number of carbonyl (C=O) groups excluding carboxylic acids is 1. The fourth-order valence-electron chi connectivity index (χ4n) is 2.05. The van der Waals surface area contributed by atoms with Crippen molar-refractivity contribution < 1.29 is 14.3 Å². The van der Waals surface area contributed by atoms with Crippen molar-refractivity contribution in [2.45, 2.75) is 33.8 Å². The molecule has 0 spiro atoms. The Morgan fingerprint density at radius 3 is 2.71 bits per heavy atom. The Hall–Kier alpha value is -2.41. The molecule has 128 valence electrons. The van der Waals surface area contributed by atoms with Crippen molar-refractivity contribution in [3.63, 3.8) is 0 Å². The van der Waals surface area contributed by atoms with Gasteiger partial charge in [-0.1, -0.05) is 11.3 Å². The molecule has 1 aromatic heterocycles. The second-order valence-electron chi connectivity index (χ2n) is 5.44. The first kappa shape index (κ1) is 17.9. The van der Waals surface area contributed by atoms with Crippen molar-refractivity contribution in [2.24, 2.45) is 5.10 Å². The van der Waals surface area contributed by atoms with Crippen LogP contribution in [0.15, 0.2) is 23.3 Å². The van der Waals surface area contributed by atoms with Gasteiger partial charge in [-0.05, 0) is 44.5 Å². The Bertz CT molecular complexity index is 754. The summed E-state index contributed by atoms with van der Waals surface area (Å²) in [5.74, 6) is 1.35. The third-order valence-corrected chi connectivity index (χ3v) is 4.20. The van der Waals surface area contributed by atoms with Gasteiger partial charge in [-0.3, -0.25) is 10.2 Å². The summed E-state index contributed by atoms with van der Waals surface area (Å²) in [6.45, 7) is 7.26. The number of nitrogens with one attached hydrogen (secondary N) is 1. The molecule has 7 heteroatoms. The summed E-state index contributed by atoms with van der Waals surface area (Å²) in [6, 6.07) is 5.58. The normalized spacial score (nSPS) is 11.1. The predicted molar refractivity (Wildman–Crippen MR) is 96.8 cm³/mol. The van der Waals surface area contributed by atoms with Gasteiger partial charge >= 0.3 is 0 Å². The third-order valence-electron chi connectivity index (χ3n) is 3.04. The van der Waals surface area contributed by atoms with Crippen LogP contribution in [0.2, 0.25) is 0 Å². The number of hydrazone groups is 1. The first-order valence-electron chi connectivity index (χ1n) is 7.53. The molecule has 0 aliphatic heterocycles. The van der Waals surface area contributed by atoms with Crippen LogP contribution >= 0.6 is 11.3 Å². The summed E-state index contributed by atoms with van der Waals surface area (Å²) in [7, 11) is 1.60. The van der Waals surface area contributed by atoms with Gasteiger partial charge in [0.2, 0.25) is 5.13 Å². The molecule has 0 saturated carbocycles. The highest BCUT2D eigenvalue weighted by atomic mass is 32.1. The summed E-state index contributed by atoms with van der Waals surface area (Å²) in [5, 5.41) is 4.74. The van der Waals surface area contributed by atoms with Crippen molar-refractivity contribution in [2.75, 3.05) is 12.5 Å². The van der Waals surface area contributed by atoms with E-state index < -0.39 is 0 Å². The van der Waals surface area contributed by atoms with Crippen LogP contribution in [-0.4, -0.2) is 30.2 Å². The van der Waals surface area contributed by atoms with E-state index in [1.807, 2.05) is 32.0 Å². The number of hydrogen-bond acceptors (Lipinski definition) is 7. The summed E-state index contributed by atoms with van der Waals surface area (Å²) in [6.07, 6.45) is 1.73. The number of anilines is 1. The minimum Gasteiger partial charge on any atom is -0.493 e. The van der Waals surface area contributed by atoms with Gasteiger partial charge in [-0.15, -0.1) is 0 Å². The van der Waals surface area contributed by atoms with Gasteiger partial charge in [-0.25, -0.2) is 4.98 Å². The molecule has 1 N–H and O–H groups in total. The number of Topliss-reactive ketones (excluding diaryl/α,β-unsaturated/α-hetero) is 1. The molecule has 6 nitrogen and oxygen atoms in total. The molecule has 1 aromatic carbocycles. The molecule has 24 heavy (non-hydrogen) atoms. The average molecular weight is 347 g/mol. The number of ether oxygens (including phenoxy) is 2. The third kappa shape index (κ3) is 4.55. The van der Waals surface area contributed by atoms with E-state index in [2.05, 4.69) is 15.5 Å². The fraction of sp³-hybridized carbons (Fsp3) is 0.353. The molecule has 0 saturated heterocycles. The molecule has 0 atom stereocenters. The van der Waals surface area contributed by atoms with Crippen LogP contribution in [0.3, 0.4) is 0 Å². The average Bonchev–Trinajstić information content (AvgIpc) is 2.89. The summed E-state index contributed by atoms with van der Waals surface area (Å²) < 4.78 is 11.0. The molecule has 0 amide bonds. The standard InChI is InChI=1S/C17H21N3O3S/c1-10(2)23-14-7-6-13(8-15(14)22-5)9-18-20-17-19-11(3)16(24-17)12(4)21/h6-10H,1-5H3,(H,19,20)/b18-9-. The number of carbonyl (C=O) groups is 1. The SMILES string of the molecule is COc1cc(/C=N\Nc2nc(C)c(C(C)=O)s2)ccc1OC(C)C. The van der Waals surface area contributed by atoms with E-state index in [0.29, 0.717) is 27.2 Å². The van der Waals surface area contributed by atoms with Gasteiger partial charge in [-0.2, -0.15) is 5.10 Å². The van der Waals surface area contributed by atoms with Gasteiger partial charge in [0, 0.05) is 6.92 Å². The smallest absolute Gasteiger partial charge is 0.204 e. The fourth-order valence-corrected chi connectivity index (χ4v) is 2.86. The van der Waals surface area contributed by atoms with Crippen molar-refractivity contribution in [1.82, 2.24) is 4.98 Å². The number of hydrogen-bond donors (Lipinski definition) is 1. The molecular formula is C17H21N3O3S. The highest BCUT2D eigenvalue weighted by molar-refractivity contribution is 7.17. The molecule has 0 radical (unpaired) electrons. The highest BCUT2D eigenvalue weighted by Gasteiger charge is 2.11. The maximum atomic E-state index is 11.4. The highest BCUT2D eigenvalue weighted by Crippen LogP contribution is 2.28. The maximum absolute atomic E-state index is 11.4. The summed E-state index contributed by atoms with van der Waals surface area (Å²) in [5.41, 5.74) is 4.41. The number of benzene rings is 1. The summed E-state index contributed by atoms with van der Waals surface area (Å²) in [4.78, 5) is 16.3. The van der Waals surface area contributed by atoms with Crippen LogP contribution in [0.25, 0.3) is 0 Å². The topological polar surface area (TPSA) is 72.8 Å². The van der Waals surface area contributed by atoms with Crippen LogP contribution in [0.4, 0.5) is 5.13 Å².